The monoisotopic (exact) mass is 366 g/mol. The minimum absolute atomic E-state index is 0.181. The fourth-order valence-electron chi connectivity index (χ4n) is 3.71. The van der Waals surface area contributed by atoms with Gasteiger partial charge in [0, 0.05) is 6.42 Å². The summed E-state index contributed by atoms with van der Waals surface area (Å²) >= 11 is 0. The van der Waals surface area contributed by atoms with Gasteiger partial charge in [0.05, 0.1) is 0 Å². The molecule has 0 radical (unpaired) electrons. The molecular formula is C22H38O4. The van der Waals surface area contributed by atoms with E-state index in [0.29, 0.717) is 23.7 Å². The van der Waals surface area contributed by atoms with Crippen LogP contribution in [0.2, 0.25) is 0 Å². The quantitative estimate of drug-likeness (QED) is 0.333. The van der Waals surface area contributed by atoms with E-state index in [-0.39, 0.29) is 6.42 Å². The van der Waals surface area contributed by atoms with Gasteiger partial charge in [-0.1, -0.05) is 64.3 Å². The van der Waals surface area contributed by atoms with E-state index in [1.54, 1.807) is 0 Å². The van der Waals surface area contributed by atoms with Crippen LogP contribution >= 0.6 is 0 Å². The molecule has 0 saturated heterocycles. The maximum Gasteiger partial charge on any atom is 0.364 e. The van der Waals surface area contributed by atoms with Gasteiger partial charge in [0.15, 0.2) is 0 Å². The topological polar surface area (TPSA) is 77.8 Å². The van der Waals surface area contributed by atoms with Gasteiger partial charge in [0.2, 0.25) is 0 Å². The molecule has 1 rings (SSSR count). The first-order valence-electron chi connectivity index (χ1n) is 10.2. The lowest BCUT2D eigenvalue weighted by Crippen LogP contribution is -2.37. The Bertz CT molecular complexity index is 477. The average molecular weight is 367 g/mol. The van der Waals surface area contributed by atoms with Crippen LogP contribution in [0.1, 0.15) is 85.0 Å². The summed E-state index contributed by atoms with van der Waals surface area (Å²) in [6, 6.07) is 0. The molecule has 26 heavy (non-hydrogen) atoms. The fourth-order valence-corrected chi connectivity index (χ4v) is 3.71. The maximum absolute atomic E-state index is 10.6. The van der Waals surface area contributed by atoms with E-state index in [4.69, 9.17) is 5.11 Å². The highest BCUT2D eigenvalue weighted by atomic mass is 16.5. The smallest absolute Gasteiger partial charge is 0.364 e. The van der Waals surface area contributed by atoms with Crippen molar-refractivity contribution in [2.75, 3.05) is 0 Å². The van der Waals surface area contributed by atoms with Gasteiger partial charge in [-0.2, -0.15) is 0 Å². The number of hydrogen-bond acceptors (Lipinski definition) is 3. The summed E-state index contributed by atoms with van der Waals surface area (Å²) in [6.07, 6.45) is 18.6. The molecule has 0 aliphatic heterocycles. The first-order chi connectivity index (χ1) is 12.2. The molecule has 0 bridgehead atoms. The van der Waals surface area contributed by atoms with Gasteiger partial charge in [-0.05, 0) is 55.8 Å². The number of aliphatic hydroxyl groups is 2. The summed E-state index contributed by atoms with van der Waals surface area (Å²) in [5, 5.41) is 27.2. The Balaban J connectivity index is 2.37. The first-order valence-corrected chi connectivity index (χ1v) is 10.2. The Morgan fingerprint density at radius 1 is 1.12 bits per heavy atom. The Kier molecular flexibility index (Phi) is 9.59. The van der Waals surface area contributed by atoms with Crippen molar-refractivity contribution in [2.45, 2.75) is 90.8 Å². The van der Waals surface area contributed by atoms with Gasteiger partial charge in [-0.3, -0.25) is 0 Å². The highest BCUT2D eigenvalue weighted by Crippen LogP contribution is 2.36. The van der Waals surface area contributed by atoms with E-state index < -0.39 is 11.8 Å². The second-order valence-electron chi connectivity index (χ2n) is 8.62. The van der Waals surface area contributed by atoms with Crippen LogP contribution in [-0.4, -0.2) is 27.1 Å². The van der Waals surface area contributed by atoms with E-state index in [9.17, 15) is 15.0 Å². The summed E-state index contributed by atoms with van der Waals surface area (Å²) < 4.78 is 0. The maximum atomic E-state index is 10.6. The number of carboxylic acid groups (broad SMARTS) is 1. The largest absolute Gasteiger partial charge is 0.477 e. The number of allylic oxidation sites excluding steroid dienone is 4. The van der Waals surface area contributed by atoms with Crippen LogP contribution in [0, 0.1) is 17.3 Å². The number of carbonyl (C=O) groups is 1. The molecule has 0 amide bonds. The Morgan fingerprint density at radius 3 is 2.50 bits per heavy atom. The summed E-state index contributed by atoms with van der Waals surface area (Å²) in [6.45, 7) is 6.94. The van der Waals surface area contributed by atoms with Gasteiger partial charge >= 0.3 is 5.97 Å². The lowest BCUT2D eigenvalue weighted by molar-refractivity contribution is -0.205. The summed E-state index contributed by atoms with van der Waals surface area (Å²) in [4.78, 5) is 10.6. The minimum atomic E-state index is -2.62. The van der Waals surface area contributed by atoms with Crippen molar-refractivity contribution in [3.05, 3.63) is 24.3 Å². The molecule has 150 valence electrons. The van der Waals surface area contributed by atoms with Crippen molar-refractivity contribution in [1.82, 2.24) is 0 Å². The van der Waals surface area contributed by atoms with Gasteiger partial charge in [0.25, 0.3) is 5.79 Å². The highest BCUT2D eigenvalue weighted by molar-refractivity contribution is 5.74. The van der Waals surface area contributed by atoms with Crippen molar-refractivity contribution >= 4 is 5.97 Å². The molecular weight excluding hydrogens is 328 g/mol. The Hall–Kier alpha value is -1.13. The summed E-state index contributed by atoms with van der Waals surface area (Å²) in [7, 11) is 0. The number of rotatable bonds is 12. The molecule has 1 aliphatic rings. The minimum Gasteiger partial charge on any atom is -0.477 e. The van der Waals surface area contributed by atoms with Crippen LogP contribution in [0.5, 0.6) is 0 Å². The van der Waals surface area contributed by atoms with Gasteiger partial charge in [-0.25, -0.2) is 4.79 Å². The third kappa shape index (κ3) is 8.50. The molecule has 2 atom stereocenters. The highest BCUT2D eigenvalue weighted by Gasteiger charge is 2.31. The molecule has 0 aromatic heterocycles. The molecule has 0 aromatic carbocycles. The summed E-state index contributed by atoms with van der Waals surface area (Å²) in [5.41, 5.74) is 0.381. The number of aliphatic carboxylic acids is 1. The Labute approximate surface area is 159 Å². The van der Waals surface area contributed by atoms with Crippen LogP contribution < -0.4 is 0 Å². The van der Waals surface area contributed by atoms with Crippen LogP contribution in [-0.2, 0) is 4.79 Å². The zero-order chi connectivity index (χ0) is 19.6. The zero-order valence-corrected chi connectivity index (χ0v) is 16.8. The van der Waals surface area contributed by atoms with Gasteiger partial charge < -0.3 is 15.3 Å². The van der Waals surface area contributed by atoms with Crippen molar-refractivity contribution in [3.63, 3.8) is 0 Å². The molecule has 4 heteroatoms. The van der Waals surface area contributed by atoms with E-state index in [0.717, 1.165) is 12.8 Å². The van der Waals surface area contributed by atoms with Crippen LogP contribution in [0.15, 0.2) is 24.3 Å². The van der Waals surface area contributed by atoms with Crippen LogP contribution in [0.25, 0.3) is 0 Å². The lowest BCUT2D eigenvalue weighted by Gasteiger charge is -2.23. The van der Waals surface area contributed by atoms with Crippen molar-refractivity contribution < 1.29 is 20.1 Å². The van der Waals surface area contributed by atoms with Crippen molar-refractivity contribution in [3.8, 4) is 0 Å². The van der Waals surface area contributed by atoms with E-state index in [2.05, 4.69) is 39.0 Å². The molecule has 4 nitrogen and oxygen atoms in total. The van der Waals surface area contributed by atoms with E-state index >= 15 is 0 Å². The van der Waals surface area contributed by atoms with E-state index in [1.165, 1.54) is 38.5 Å². The number of unbranched alkanes of at least 4 members (excludes halogenated alkanes) is 1. The van der Waals surface area contributed by atoms with Gasteiger partial charge in [0.1, 0.15) is 0 Å². The lowest BCUT2D eigenvalue weighted by atomic mass is 9.83. The second kappa shape index (κ2) is 10.9. The Morgan fingerprint density at radius 2 is 1.85 bits per heavy atom. The molecule has 1 aliphatic carbocycles. The van der Waals surface area contributed by atoms with Crippen molar-refractivity contribution in [2.24, 2.45) is 17.3 Å². The molecule has 1 saturated carbocycles. The zero-order valence-electron chi connectivity index (χ0n) is 16.8. The van der Waals surface area contributed by atoms with Crippen LogP contribution in [0.3, 0.4) is 0 Å². The fraction of sp³-hybridized carbons (Fsp3) is 0.773. The predicted octanol–water partition coefficient (Wildman–Crippen LogP) is 5.06. The van der Waals surface area contributed by atoms with Gasteiger partial charge in [-0.15, -0.1) is 0 Å². The SMILES string of the molecule is CCCCC(C)(C)CC=C[C@H]1CCC[C@@H]1CC=CCCC(O)(O)C(=O)O. The molecule has 3 N–H and O–H groups in total. The third-order valence-corrected chi connectivity index (χ3v) is 5.59. The molecule has 0 heterocycles. The third-order valence-electron chi connectivity index (χ3n) is 5.59. The first kappa shape index (κ1) is 22.9. The van der Waals surface area contributed by atoms with Crippen molar-refractivity contribution in [1.29, 1.82) is 0 Å². The summed E-state index contributed by atoms with van der Waals surface area (Å²) in [5.74, 6) is -2.92. The molecule has 0 spiro atoms. The number of carboxylic acids is 1. The molecule has 0 unspecified atom stereocenters. The molecule has 0 aromatic rings. The standard InChI is InChI=1S/C22H38O4/c1-4-5-15-21(2,3)16-10-14-19-13-9-12-18(19)11-7-6-8-17-22(25,26)20(23)24/h6-7,10,14,18-19,25-26H,4-5,8-9,11-13,15-17H2,1-3H3,(H,23,24)/t18-,19+/m0/s1. The predicted molar refractivity (Wildman–Crippen MR) is 106 cm³/mol. The van der Waals surface area contributed by atoms with Crippen LogP contribution in [0.4, 0.5) is 0 Å². The number of hydrogen-bond donors (Lipinski definition) is 3. The normalized spacial score (nSPS) is 21.9. The van der Waals surface area contributed by atoms with E-state index in [1.807, 2.05) is 6.08 Å². The second-order valence-corrected chi connectivity index (χ2v) is 8.62. The average Bonchev–Trinajstić information content (AvgIpc) is 2.99. The molecule has 1 fully saturated rings.